The van der Waals surface area contributed by atoms with E-state index in [9.17, 15) is 9.59 Å². The third kappa shape index (κ3) is 5.17. The molecule has 1 heterocycles. The summed E-state index contributed by atoms with van der Waals surface area (Å²) in [6.07, 6.45) is 2.47. The molecule has 0 atom stereocenters. The van der Waals surface area contributed by atoms with E-state index in [-0.39, 0.29) is 11.9 Å². The quantitative estimate of drug-likeness (QED) is 0.386. The van der Waals surface area contributed by atoms with E-state index < -0.39 is 0 Å². The summed E-state index contributed by atoms with van der Waals surface area (Å²) in [6, 6.07) is 20.3. The highest BCUT2D eigenvalue weighted by molar-refractivity contribution is 5.90. The summed E-state index contributed by atoms with van der Waals surface area (Å²) < 4.78 is 10.4. The van der Waals surface area contributed by atoms with Crippen LogP contribution in [-0.2, 0) is 16.0 Å². The molecule has 0 aliphatic rings. The molecule has 0 unspecified atom stereocenters. The third-order valence-electron chi connectivity index (χ3n) is 4.08. The first-order chi connectivity index (χ1) is 13.7. The number of hydrogen-bond acceptors (Lipinski definition) is 5. The van der Waals surface area contributed by atoms with Crippen LogP contribution in [0.15, 0.2) is 76.2 Å². The highest BCUT2D eigenvalue weighted by Gasteiger charge is 2.08. The lowest BCUT2D eigenvalue weighted by molar-refractivity contribution is -0.121. The van der Waals surface area contributed by atoms with E-state index in [0.717, 1.165) is 11.1 Å². The largest absolute Gasteiger partial charge is 0.465 e. The van der Waals surface area contributed by atoms with Crippen LogP contribution in [0.25, 0.3) is 11.3 Å². The number of hydrogen-bond donors (Lipinski definition) is 1. The maximum Gasteiger partial charge on any atom is 0.337 e. The minimum Gasteiger partial charge on any atom is -0.465 e. The van der Waals surface area contributed by atoms with Crippen molar-refractivity contribution in [2.45, 2.75) is 12.8 Å². The van der Waals surface area contributed by atoms with Gasteiger partial charge in [0.05, 0.1) is 18.9 Å². The van der Waals surface area contributed by atoms with Crippen molar-refractivity contribution in [1.29, 1.82) is 0 Å². The van der Waals surface area contributed by atoms with Gasteiger partial charge in [-0.2, -0.15) is 5.10 Å². The fourth-order valence-electron chi connectivity index (χ4n) is 2.59. The van der Waals surface area contributed by atoms with Crippen molar-refractivity contribution in [3.8, 4) is 11.3 Å². The summed E-state index contributed by atoms with van der Waals surface area (Å²) in [5.74, 6) is 0.593. The third-order valence-corrected chi connectivity index (χ3v) is 4.08. The smallest absolute Gasteiger partial charge is 0.337 e. The number of amides is 1. The number of methoxy groups -OCH3 is 1. The van der Waals surface area contributed by atoms with Gasteiger partial charge in [0.15, 0.2) is 0 Å². The minimum absolute atomic E-state index is 0.162. The van der Waals surface area contributed by atoms with Crippen molar-refractivity contribution < 1.29 is 18.7 Å². The molecule has 1 amide bonds. The molecule has 2 aromatic carbocycles. The van der Waals surface area contributed by atoms with Crippen molar-refractivity contribution >= 4 is 18.1 Å². The van der Waals surface area contributed by atoms with Crippen LogP contribution >= 0.6 is 0 Å². The molecule has 0 bridgehead atoms. The van der Waals surface area contributed by atoms with Crippen molar-refractivity contribution in [3.05, 3.63) is 83.6 Å². The Kier molecular flexibility index (Phi) is 6.36. The van der Waals surface area contributed by atoms with Crippen LogP contribution in [0.3, 0.4) is 0 Å². The van der Waals surface area contributed by atoms with E-state index in [0.29, 0.717) is 29.9 Å². The van der Waals surface area contributed by atoms with Gasteiger partial charge in [-0.25, -0.2) is 10.2 Å². The topological polar surface area (TPSA) is 80.9 Å². The van der Waals surface area contributed by atoms with E-state index >= 15 is 0 Å². The number of rotatable bonds is 7. The van der Waals surface area contributed by atoms with Crippen LogP contribution in [0.1, 0.15) is 28.1 Å². The van der Waals surface area contributed by atoms with Gasteiger partial charge in [0.2, 0.25) is 5.91 Å². The normalized spacial score (nSPS) is 10.8. The molecule has 6 nitrogen and oxygen atoms in total. The van der Waals surface area contributed by atoms with Crippen LogP contribution in [0, 0.1) is 0 Å². The number of benzene rings is 2. The molecule has 0 saturated heterocycles. The van der Waals surface area contributed by atoms with E-state index in [1.54, 1.807) is 36.4 Å². The van der Waals surface area contributed by atoms with Crippen molar-refractivity contribution in [1.82, 2.24) is 5.43 Å². The number of carbonyl (C=O) groups is 2. The Morgan fingerprint density at radius 2 is 1.79 bits per heavy atom. The average Bonchev–Trinajstić information content (AvgIpc) is 3.21. The molecule has 6 heteroatoms. The van der Waals surface area contributed by atoms with Crippen molar-refractivity contribution in [3.63, 3.8) is 0 Å². The predicted molar refractivity (Wildman–Crippen MR) is 106 cm³/mol. The fraction of sp³-hybridized carbons (Fsp3) is 0.136. The number of nitrogens with zero attached hydrogens (tertiary/aromatic N) is 1. The molecule has 1 aromatic heterocycles. The lowest BCUT2D eigenvalue weighted by atomic mass is 10.1. The number of ether oxygens (including phenoxy) is 1. The standard InChI is InChI=1S/C22H20N2O4/c1-27-22(26)18-10-8-17(9-11-18)20-13-12-19(28-20)15-23-24-21(25)14-7-16-5-3-2-4-6-16/h2-6,8-13,15H,7,14H2,1H3,(H,24,25)/b23-15-. The van der Waals surface area contributed by atoms with Gasteiger partial charge >= 0.3 is 5.97 Å². The molecule has 0 fully saturated rings. The highest BCUT2D eigenvalue weighted by atomic mass is 16.5. The number of esters is 1. The molecular formula is C22H20N2O4. The lowest BCUT2D eigenvalue weighted by Crippen LogP contribution is -2.17. The minimum atomic E-state index is -0.387. The zero-order chi connectivity index (χ0) is 19.8. The van der Waals surface area contributed by atoms with Gasteiger partial charge in [0.1, 0.15) is 11.5 Å². The van der Waals surface area contributed by atoms with Crippen LogP contribution < -0.4 is 5.43 Å². The van der Waals surface area contributed by atoms with Gasteiger partial charge < -0.3 is 9.15 Å². The monoisotopic (exact) mass is 376 g/mol. The molecule has 3 aromatic rings. The summed E-state index contributed by atoms with van der Waals surface area (Å²) in [5, 5.41) is 3.93. The molecule has 0 radical (unpaired) electrons. The Labute approximate surface area is 162 Å². The highest BCUT2D eigenvalue weighted by Crippen LogP contribution is 2.22. The molecule has 28 heavy (non-hydrogen) atoms. The molecule has 3 rings (SSSR count). The van der Waals surface area contributed by atoms with E-state index in [2.05, 4.69) is 15.3 Å². The van der Waals surface area contributed by atoms with E-state index in [1.165, 1.54) is 13.3 Å². The zero-order valence-corrected chi connectivity index (χ0v) is 15.4. The first kappa shape index (κ1) is 19.1. The molecule has 0 aliphatic heterocycles. The summed E-state index contributed by atoms with van der Waals surface area (Å²) in [4.78, 5) is 23.3. The van der Waals surface area contributed by atoms with Gasteiger partial charge in [0, 0.05) is 12.0 Å². The first-order valence-electron chi connectivity index (χ1n) is 8.80. The summed E-state index contributed by atoms with van der Waals surface area (Å²) >= 11 is 0. The lowest BCUT2D eigenvalue weighted by Gasteiger charge is -2.01. The molecule has 0 spiro atoms. The summed E-state index contributed by atoms with van der Waals surface area (Å²) in [6.45, 7) is 0. The zero-order valence-electron chi connectivity index (χ0n) is 15.4. The maximum absolute atomic E-state index is 11.9. The second kappa shape index (κ2) is 9.32. The molecular weight excluding hydrogens is 356 g/mol. The van der Waals surface area contributed by atoms with Gasteiger partial charge in [-0.15, -0.1) is 0 Å². The van der Waals surface area contributed by atoms with Crippen LogP contribution in [0.4, 0.5) is 0 Å². The van der Waals surface area contributed by atoms with Gasteiger partial charge in [-0.1, -0.05) is 42.5 Å². The maximum atomic E-state index is 11.9. The SMILES string of the molecule is COC(=O)c1ccc(-c2ccc(/C=N\NC(=O)CCc3ccccc3)o2)cc1. The first-order valence-corrected chi connectivity index (χ1v) is 8.80. The number of aryl methyl sites for hydroxylation is 1. The summed E-state index contributed by atoms with van der Waals surface area (Å²) in [7, 11) is 1.34. The average molecular weight is 376 g/mol. The van der Waals surface area contributed by atoms with Crippen molar-refractivity contribution in [2.24, 2.45) is 5.10 Å². The molecule has 1 N–H and O–H groups in total. The second-order valence-corrected chi connectivity index (χ2v) is 6.05. The predicted octanol–water partition coefficient (Wildman–Crippen LogP) is 3.82. The second-order valence-electron chi connectivity index (χ2n) is 6.05. The van der Waals surface area contributed by atoms with Gasteiger partial charge in [-0.05, 0) is 36.2 Å². The van der Waals surface area contributed by atoms with E-state index in [1.807, 2.05) is 30.3 Å². The Morgan fingerprint density at radius 1 is 1.04 bits per heavy atom. The van der Waals surface area contributed by atoms with Crippen LogP contribution in [0.5, 0.6) is 0 Å². The number of hydrazone groups is 1. The molecule has 142 valence electrons. The van der Waals surface area contributed by atoms with Crippen LogP contribution in [0.2, 0.25) is 0 Å². The Balaban J connectivity index is 1.52. The summed E-state index contributed by atoms with van der Waals surface area (Å²) in [5.41, 5.74) is 4.89. The molecule has 0 aliphatic carbocycles. The number of carbonyl (C=O) groups excluding carboxylic acids is 2. The Bertz CT molecular complexity index is 960. The number of nitrogens with one attached hydrogen (secondary N) is 1. The molecule has 0 saturated carbocycles. The van der Waals surface area contributed by atoms with Gasteiger partial charge in [0.25, 0.3) is 0 Å². The van der Waals surface area contributed by atoms with Crippen molar-refractivity contribution in [2.75, 3.05) is 7.11 Å². The fourth-order valence-corrected chi connectivity index (χ4v) is 2.59. The van der Waals surface area contributed by atoms with Crippen LogP contribution in [-0.4, -0.2) is 25.2 Å². The number of furan rings is 1. The Morgan fingerprint density at radius 3 is 2.50 bits per heavy atom. The Hall–Kier alpha value is -3.67. The van der Waals surface area contributed by atoms with Gasteiger partial charge in [-0.3, -0.25) is 4.79 Å². The van der Waals surface area contributed by atoms with E-state index in [4.69, 9.17) is 4.42 Å².